The molecule has 0 saturated carbocycles. The Labute approximate surface area is 152 Å². The second-order valence-electron chi connectivity index (χ2n) is 7.43. The largest absolute Gasteiger partial charge is 0.338 e. The third kappa shape index (κ3) is 17.6. The van der Waals surface area contributed by atoms with Crippen molar-refractivity contribution < 1.29 is 4.79 Å². The van der Waals surface area contributed by atoms with E-state index >= 15 is 0 Å². The van der Waals surface area contributed by atoms with Gasteiger partial charge >= 0.3 is 6.03 Å². The van der Waals surface area contributed by atoms with E-state index < -0.39 is 0 Å². The molecule has 24 heavy (non-hydrogen) atoms. The number of nitrogens with one attached hydrogen (secondary N) is 1. The van der Waals surface area contributed by atoms with E-state index in [1.54, 1.807) is 19.0 Å². The van der Waals surface area contributed by atoms with E-state index in [9.17, 15) is 4.79 Å². The smallest absolute Gasteiger partial charge is 0.316 e. The SMILES string of the molecule is CCCCCCCCCCCCCCCCCCNC(=O)N(C)C. The molecule has 0 bridgehead atoms. The summed E-state index contributed by atoms with van der Waals surface area (Å²) in [6, 6.07) is 0.0240. The fourth-order valence-electron chi connectivity index (χ4n) is 3.03. The minimum absolute atomic E-state index is 0.0240. The first-order chi connectivity index (χ1) is 11.7. The number of rotatable bonds is 17. The zero-order valence-corrected chi connectivity index (χ0v) is 16.9. The van der Waals surface area contributed by atoms with Gasteiger partial charge in [0.15, 0.2) is 0 Å². The summed E-state index contributed by atoms with van der Waals surface area (Å²) < 4.78 is 0. The Morgan fingerprint density at radius 2 is 0.958 bits per heavy atom. The lowest BCUT2D eigenvalue weighted by Gasteiger charge is -2.11. The number of carbonyl (C=O) groups is 1. The Hall–Kier alpha value is -0.730. The van der Waals surface area contributed by atoms with Crippen molar-refractivity contribution in [3.8, 4) is 0 Å². The highest BCUT2D eigenvalue weighted by Crippen LogP contribution is 2.13. The summed E-state index contributed by atoms with van der Waals surface area (Å²) in [7, 11) is 3.56. The maximum atomic E-state index is 11.3. The lowest BCUT2D eigenvalue weighted by Crippen LogP contribution is -2.34. The molecule has 144 valence electrons. The molecule has 0 aromatic carbocycles. The van der Waals surface area contributed by atoms with Crippen LogP contribution in [0.2, 0.25) is 0 Å². The van der Waals surface area contributed by atoms with Gasteiger partial charge in [-0.05, 0) is 6.42 Å². The molecule has 0 aromatic rings. The maximum absolute atomic E-state index is 11.3. The molecule has 0 aliphatic heterocycles. The highest BCUT2D eigenvalue weighted by Gasteiger charge is 2.00. The highest BCUT2D eigenvalue weighted by molar-refractivity contribution is 5.73. The van der Waals surface area contributed by atoms with Gasteiger partial charge in [-0.25, -0.2) is 4.79 Å². The number of amides is 2. The lowest BCUT2D eigenvalue weighted by molar-refractivity contribution is 0.217. The molecule has 0 spiro atoms. The van der Waals surface area contributed by atoms with Gasteiger partial charge in [-0.1, -0.05) is 103 Å². The van der Waals surface area contributed by atoms with E-state index in [4.69, 9.17) is 0 Å². The average Bonchev–Trinajstić information content (AvgIpc) is 2.57. The van der Waals surface area contributed by atoms with Crippen LogP contribution in [0.4, 0.5) is 4.79 Å². The molecule has 0 fully saturated rings. The first kappa shape index (κ1) is 23.3. The molecule has 0 aromatic heterocycles. The molecule has 0 heterocycles. The molecule has 0 rings (SSSR count). The van der Waals surface area contributed by atoms with Crippen LogP contribution in [0.5, 0.6) is 0 Å². The van der Waals surface area contributed by atoms with Crippen LogP contribution >= 0.6 is 0 Å². The fourth-order valence-corrected chi connectivity index (χ4v) is 3.03. The summed E-state index contributed by atoms with van der Waals surface area (Å²) in [5.41, 5.74) is 0. The van der Waals surface area contributed by atoms with Crippen molar-refractivity contribution in [1.82, 2.24) is 10.2 Å². The van der Waals surface area contributed by atoms with E-state index in [-0.39, 0.29) is 6.03 Å². The molecule has 0 radical (unpaired) electrons. The quantitative estimate of drug-likeness (QED) is 0.300. The van der Waals surface area contributed by atoms with Crippen LogP contribution < -0.4 is 5.32 Å². The van der Waals surface area contributed by atoms with Gasteiger partial charge in [0.1, 0.15) is 0 Å². The second kappa shape index (κ2) is 18.6. The summed E-state index contributed by atoms with van der Waals surface area (Å²) in [5, 5.41) is 2.92. The number of urea groups is 1. The van der Waals surface area contributed by atoms with E-state index in [1.165, 1.54) is 96.3 Å². The summed E-state index contributed by atoms with van der Waals surface area (Å²) >= 11 is 0. The normalized spacial score (nSPS) is 10.8. The predicted molar refractivity (Wildman–Crippen MR) is 107 cm³/mol. The second-order valence-corrected chi connectivity index (χ2v) is 7.43. The number of nitrogens with zero attached hydrogens (tertiary/aromatic N) is 1. The zero-order valence-electron chi connectivity index (χ0n) is 16.9. The van der Waals surface area contributed by atoms with Crippen molar-refractivity contribution in [2.45, 2.75) is 110 Å². The molecule has 0 saturated heterocycles. The Morgan fingerprint density at radius 1 is 0.625 bits per heavy atom. The van der Waals surface area contributed by atoms with E-state index in [2.05, 4.69) is 12.2 Å². The molecule has 0 aliphatic rings. The number of carbonyl (C=O) groups excluding carboxylic acids is 1. The Morgan fingerprint density at radius 3 is 1.29 bits per heavy atom. The summed E-state index contributed by atoms with van der Waals surface area (Å²) in [6.07, 6.45) is 22.2. The third-order valence-electron chi connectivity index (χ3n) is 4.71. The minimum atomic E-state index is 0.0240. The van der Waals surface area contributed by atoms with Crippen LogP contribution in [-0.2, 0) is 0 Å². The molecular formula is C21H44N2O. The maximum Gasteiger partial charge on any atom is 0.316 e. The van der Waals surface area contributed by atoms with Gasteiger partial charge in [0, 0.05) is 20.6 Å². The van der Waals surface area contributed by atoms with Crippen molar-refractivity contribution >= 4 is 6.03 Å². The van der Waals surface area contributed by atoms with E-state index in [0.717, 1.165) is 13.0 Å². The summed E-state index contributed by atoms with van der Waals surface area (Å²) in [5.74, 6) is 0. The van der Waals surface area contributed by atoms with Crippen molar-refractivity contribution in [1.29, 1.82) is 0 Å². The zero-order chi connectivity index (χ0) is 17.9. The van der Waals surface area contributed by atoms with Crippen LogP contribution in [0.15, 0.2) is 0 Å². The topological polar surface area (TPSA) is 32.3 Å². The van der Waals surface area contributed by atoms with Gasteiger partial charge in [0.05, 0.1) is 0 Å². The fraction of sp³-hybridized carbons (Fsp3) is 0.952. The molecule has 1 N–H and O–H groups in total. The van der Waals surface area contributed by atoms with Gasteiger partial charge in [-0.15, -0.1) is 0 Å². The van der Waals surface area contributed by atoms with Crippen molar-refractivity contribution in [2.75, 3.05) is 20.6 Å². The molecule has 0 unspecified atom stereocenters. The predicted octanol–water partition coefficient (Wildman–Crippen LogP) is 6.52. The Kier molecular flexibility index (Phi) is 18.0. The highest BCUT2D eigenvalue weighted by atomic mass is 16.2. The Bertz CT molecular complexity index is 267. The summed E-state index contributed by atoms with van der Waals surface area (Å²) in [6.45, 7) is 3.10. The number of unbranched alkanes of at least 4 members (excludes halogenated alkanes) is 15. The van der Waals surface area contributed by atoms with Crippen molar-refractivity contribution in [3.05, 3.63) is 0 Å². The van der Waals surface area contributed by atoms with E-state index in [0.29, 0.717) is 0 Å². The third-order valence-corrected chi connectivity index (χ3v) is 4.71. The van der Waals surface area contributed by atoms with E-state index in [1.807, 2.05) is 0 Å². The van der Waals surface area contributed by atoms with Gasteiger partial charge in [0.2, 0.25) is 0 Å². The molecular weight excluding hydrogens is 296 g/mol. The van der Waals surface area contributed by atoms with Crippen molar-refractivity contribution in [3.63, 3.8) is 0 Å². The monoisotopic (exact) mass is 340 g/mol. The summed E-state index contributed by atoms with van der Waals surface area (Å²) in [4.78, 5) is 12.9. The van der Waals surface area contributed by atoms with Gasteiger partial charge < -0.3 is 10.2 Å². The van der Waals surface area contributed by atoms with Crippen LogP contribution in [0.1, 0.15) is 110 Å². The average molecular weight is 341 g/mol. The molecule has 3 heteroatoms. The number of hydrogen-bond donors (Lipinski definition) is 1. The minimum Gasteiger partial charge on any atom is -0.338 e. The standard InChI is InChI=1S/C21H44N2O/c1-4-5-6-7-8-9-10-11-12-13-14-15-16-17-18-19-20-22-21(24)23(2)3/h4-20H2,1-3H3,(H,22,24). The first-order valence-electron chi connectivity index (χ1n) is 10.6. The molecule has 2 amide bonds. The van der Waals surface area contributed by atoms with Crippen molar-refractivity contribution in [2.24, 2.45) is 0 Å². The lowest BCUT2D eigenvalue weighted by atomic mass is 10.0. The van der Waals surface area contributed by atoms with Crippen LogP contribution in [0.3, 0.4) is 0 Å². The van der Waals surface area contributed by atoms with Gasteiger partial charge in [-0.2, -0.15) is 0 Å². The Balaban J connectivity index is 3.04. The van der Waals surface area contributed by atoms with Gasteiger partial charge in [-0.3, -0.25) is 0 Å². The number of hydrogen-bond acceptors (Lipinski definition) is 1. The van der Waals surface area contributed by atoms with Crippen LogP contribution in [-0.4, -0.2) is 31.6 Å². The van der Waals surface area contributed by atoms with Crippen LogP contribution in [0, 0.1) is 0 Å². The van der Waals surface area contributed by atoms with Gasteiger partial charge in [0.25, 0.3) is 0 Å². The molecule has 0 aliphatic carbocycles. The molecule has 0 atom stereocenters. The first-order valence-corrected chi connectivity index (χ1v) is 10.6. The van der Waals surface area contributed by atoms with Crippen LogP contribution in [0.25, 0.3) is 0 Å². The molecule has 3 nitrogen and oxygen atoms in total.